The van der Waals surface area contributed by atoms with Crippen molar-refractivity contribution in [2.45, 2.75) is 70.5 Å². The van der Waals surface area contributed by atoms with Crippen molar-refractivity contribution < 1.29 is 19.2 Å². The van der Waals surface area contributed by atoms with Crippen LogP contribution in [0.2, 0.25) is 0 Å². The molecule has 0 aliphatic carbocycles. The van der Waals surface area contributed by atoms with Gasteiger partial charge in [-0.2, -0.15) is 0 Å². The zero-order chi connectivity index (χ0) is 26.1. The van der Waals surface area contributed by atoms with Crippen LogP contribution < -0.4 is 10.2 Å². The summed E-state index contributed by atoms with van der Waals surface area (Å²) in [5, 5.41) is 2.96. The molecule has 200 valence electrons. The number of anilines is 1. The monoisotopic (exact) mass is 509 g/mol. The average molecular weight is 510 g/mol. The third kappa shape index (κ3) is 5.18. The highest BCUT2D eigenvalue weighted by Crippen LogP contribution is 2.32. The molecule has 4 saturated heterocycles. The highest BCUT2D eigenvalue weighted by atomic mass is 16.2. The summed E-state index contributed by atoms with van der Waals surface area (Å²) in [6, 6.07) is 5.85. The van der Waals surface area contributed by atoms with Crippen LogP contribution in [0.5, 0.6) is 0 Å². The van der Waals surface area contributed by atoms with Gasteiger partial charge in [0.2, 0.25) is 5.91 Å². The Balaban J connectivity index is 1.27. The van der Waals surface area contributed by atoms with E-state index in [-0.39, 0.29) is 42.1 Å². The quantitative estimate of drug-likeness (QED) is 0.636. The van der Waals surface area contributed by atoms with E-state index in [1.807, 2.05) is 43.0 Å². The Bertz CT molecular complexity index is 1030. The van der Waals surface area contributed by atoms with Gasteiger partial charge in [0.25, 0.3) is 5.91 Å². The molecule has 3 atom stereocenters. The molecule has 1 aromatic carbocycles. The molecule has 1 N–H and O–H groups in total. The lowest BCUT2D eigenvalue weighted by molar-refractivity contribution is -0.138. The summed E-state index contributed by atoms with van der Waals surface area (Å²) < 4.78 is 0. The number of fused-ring (bicyclic) bond motifs is 1. The molecule has 37 heavy (non-hydrogen) atoms. The van der Waals surface area contributed by atoms with Gasteiger partial charge in [0.05, 0.1) is 12.6 Å². The lowest BCUT2D eigenvalue weighted by atomic mass is 10.0. The first-order chi connectivity index (χ1) is 17.8. The number of hydrogen-bond acceptors (Lipinski definition) is 5. The second-order valence-corrected chi connectivity index (χ2v) is 11.3. The number of nitrogens with zero attached hydrogens (tertiary/aromatic N) is 4. The van der Waals surface area contributed by atoms with Gasteiger partial charge in [-0.1, -0.05) is 13.8 Å². The van der Waals surface area contributed by atoms with E-state index in [4.69, 9.17) is 0 Å². The van der Waals surface area contributed by atoms with Crippen LogP contribution in [-0.4, -0.2) is 95.7 Å². The van der Waals surface area contributed by atoms with E-state index in [2.05, 4.69) is 10.2 Å². The van der Waals surface area contributed by atoms with Crippen LogP contribution in [0.15, 0.2) is 24.3 Å². The largest absolute Gasteiger partial charge is 0.372 e. The molecule has 0 saturated carbocycles. The van der Waals surface area contributed by atoms with Gasteiger partial charge >= 0.3 is 6.03 Å². The number of carbonyl (C=O) groups excluding carboxylic acids is 4. The number of hydrogen-bond donors (Lipinski definition) is 1. The number of likely N-dealkylation sites (tertiary alicyclic amines) is 3. The standard InChI is InChI=1S/C28H39N5O4/c1-19(2)17-22(29-26(35)20-7-9-21(10-8-20)30-12-3-4-13-30)27(36)32-16-11-23-25(32)24(34)18-33(23)28(37)31-14-5-6-15-31/h7-10,19,22-23,25H,3-6,11-18H2,1-2H3,(H,29,35). The molecule has 0 radical (unpaired) electrons. The van der Waals surface area contributed by atoms with Gasteiger partial charge < -0.3 is 24.9 Å². The number of carbonyl (C=O) groups is 4. The van der Waals surface area contributed by atoms with Crippen molar-refractivity contribution in [3.8, 4) is 0 Å². The van der Waals surface area contributed by atoms with Gasteiger partial charge in [-0.05, 0) is 68.7 Å². The number of ketones is 1. The molecule has 4 fully saturated rings. The Kier molecular flexibility index (Phi) is 7.40. The topological polar surface area (TPSA) is 93.3 Å². The first kappa shape index (κ1) is 25.5. The fourth-order valence-corrected chi connectivity index (χ4v) is 6.35. The molecule has 4 amide bonds. The van der Waals surface area contributed by atoms with Crippen molar-refractivity contribution >= 4 is 29.3 Å². The molecule has 0 aromatic heterocycles. The van der Waals surface area contributed by atoms with E-state index in [0.29, 0.717) is 24.9 Å². The number of urea groups is 1. The molecule has 9 heteroatoms. The Labute approximate surface area is 219 Å². The molecule has 4 aliphatic rings. The highest BCUT2D eigenvalue weighted by Gasteiger charge is 2.53. The second-order valence-electron chi connectivity index (χ2n) is 11.3. The summed E-state index contributed by atoms with van der Waals surface area (Å²) in [6.45, 7) is 8.03. The smallest absolute Gasteiger partial charge is 0.320 e. The first-order valence-electron chi connectivity index (χ1n) is 13.9. The number of rotatable bonds is 6. The molecule has 4 heterocycles. The van der Waals surface area contributed by atoms with Crippen molar-refractivity contribution in [3.63, 3.8) is 0 Å². The van der Waals surface area contributed by atoms with Crippen LogP contribution in [-0.2, 0) is 9.59 Å². The Morgan fingerprint density at radius 1 is 0.919 bits per heavy atom. The first-order valence-corrected chi connectivity index (χ1v) is 13.9. The zero-order valence-corrected chi connectivity index (χ0v) is 22.0. The predicted octanol–water partition coefficient (Wildman–Crippen LogP) is 2.50. The fourth-order valence-electron chi connectivity index (χ4n) is 6.35. The summed E-state index contributed by atoms with van der Waals surface area (Å²) in [5.74, 6) is -0.424. The van der Waals surface area contributed by atoms with Crippen molar-refractivity contribution in [2.75, 3.05) is 44.2 Å². The van der Waals surface area contributed by atoms with E-state index in [0.717, 1.165) is 44.7 Å². The maximum atomic E-state index is 13.7. The number of Topliss-reactive ketones (excluding diaryl/α,β-unsaturated/α-hetero) is 1. The minimum absolute atomic E-state index is 0.0546. The predicted molar refractivity (Wildman–Crippen MR) is 140 cm³/mol. The third-order valence-corrected chi connectivity index (χ3v) is 8.24. The van der Waals surface area contributed by atoms with Crippen LogP contribution in [0.25, 0.3) is 0 Å². The van der Waals surface area contributed by atoms with E-state index in [1.54, 1.807) is 9.80 Å². The van der Waals surface area contributed by atoms with E-state index < -0.39 is 12.1 Å². The fraction of sp³-hybridized carbons (Fsp3) is 0.643. The molecular formula is C28H39N5O4. The molecule has 0 bridgehead atoms. The third-order valence-electron chi connectivity index (χ3n) is 8.24. The van der Waals surface area contributed by atoms with E-state index >= 15 is 0 Å². The highest BCUT2D eigenvalue weighted by molar-refractivity contribution is 6.00. The Morgan fingerprint density at radius 3 is 2.22 bits per heavy atom. The summed E-state index contributed by atoms with van der Waals surface area (Å²) >= 11 is 0. The minimum Gasteiger partial charge on any atom is -0.372 e. The maximum absolute atomic E-state index is 13.7. The Hall–Kier alpha value is -3.10. The maximum Gasteiger partial charge on any atom is 0.320 e. The molecule has 4 aliphatic heterocycles. The molecule has 1 aromatic rings. The molecule has 5 rings (SSSR count). The summed E-state index contributed by atoms with van der Waals surface area (Å²) in [5.41, 5.74) is 1.63. The molecule has 3 unspecified atom stereocenters. The Morgan fingerprint density at radius 2 is 1.57 bits per heavy atom. The van der Waals surface area contributed by atoms with E-state index in [1.165, 1.54) is 12.8 Å². The molecular weight excluding hydrogens is 470 g/mol. The van der Waals surface area contributed by atoms with Crippen molar-refractivity contribution in [1.29, 1.82) is 0 Å². The van der Waals surface area contributed by atoms with Crippen LogP contribution in [0, 0.1) is 5.92 Å². The molecule has 0 spiro atoms. The van der Waals surface area contributed by atoms with Crippen molar-refractivity contribution in [2.24, 2.45) is 5.92 Å². The van der Waals surface area contributed by atoms with Crippen LogP contribution >= 0.6 is 0 Å². The van der Waals surface area contributed by atoms with E-state index in [9.17, 15) is 19.2 Å². The zero-order valence-electron chi connectivity index (χ0n) is 22.0. The molecule has 9 nitrogen and oxygen atoms in total. The van der Waals surface area contributed by atoms with Crippen molar-refractivity contribution in [1.82, 2.24) is 20.0 Å². The van der Waals surface area contributed by atoms with Gasteiger partial charge in [-0.3, -0.25) is 14.4 Å². The van der Waals surface area contributed by atoms with Crippen molar-refractivity contribution in [3.05, 3.63) is 29.8 Å². The van der Waals surface area contributed by atoms with Gasteiger partial charge in [0, 0.05) is 44.0 Å². The van der Waals surface area contributed by atoms with Gasteiger partial charge in [0.1, 0.15) is 12.1 Å². The SMILES string of the molecule is CC(C)CC(NC(=O)c1ccc(N2CCCC2)cc1)C(=O)N1CCC2C1C(=O)CN2C(=O)N1CCCC1. The number of nitrogens with one attached hydrogen (secondary N) is 1. The van der Waals surface area contributed by atoms with Crippen LogP contribution in [0.1, 0.15) is 62.7 Å². The van der Waals surface area contributed by atoms with Crippen LogP contribution in [0.4, 0.5) is 10.5 Å². The number of amides is 4. The summed E-state index contributed by atoms with van der Waals surface area (Å²) in [6.07, 6.45) is 5.42. The van der Waals surface area contributed by atoms with Gasteiger partial charge in [-0.25, -0.2) is 4.79 Å². The van der Waals surface area contributed by atoms with Gasteiger partial charge in [-0.15, -0.1) is 0 Å². The van der Waals surface area contributed by atoms with Crippen LogP contribution in [0.3, 0.4) is 0 Å². The number of benzene rings is 1. The normalized spacial score (nSPS) is 24.2. The second kappa shape index (κ2) is 10.7. The minimum atomic E-state index is -0.722. The lowest BCUT2D eigenvalue weighted by Gasteiger charge is -2.30. The summed E-state index contributed by atoms with van der Waals surface area (Å²) in [7, 11) is 0. The average Bonchev–Trinajstić information content (AvgIpc) is 3.69. The van der Waals surface area contributed by atoms with Gasteiger partial charge in [0.15, 0.2) is 5.78 Å². The summed E-state index contributed by atoms with van der Waals surface area (Å²) in [4.78, 5) is 60.4. The lowest BCUT2D eigenvalue weighted by Crippen LogP contribution is -2.53.